The number of carbonyl (C=O) groups excluding carboxylic acids is 3. The molecule has 3 rings (SSSR count). The summed E-state index contributed by atoms with van der Waals surface area (Å²) in [5, 5.41) is 14.6. The van der Waals surface area contributed by atoms with E-state index >= 15 is 0 Å². The Morgan fingerprint density at radius 3 is 2.59 bits per heavy atom. The zero-order chi connectivity index (χ0) is 24.5. The topological polar surface area (TPSA) is 122 Å². The minimum absolute atomic E-state index is 0.111. The zero-order valence-corrected chi connectivity index (χ0v) is 20.4. The molecule has 0 unspecified atom stereocenters. The number of ether oxygens (including phenoxy) is 1. The summed E-state index contributed by atoms with van der Waals surface area (Å²) in [6.07, 6.45) is 7.76. The summed E-state index contributed by atoms with van der Waals surface area (Å²) < 4.78 is 5.00. The second kappa shape index (κ2) is 12.4. The fourth-order valence-electron chi connectivity index (χ4n) is 3.63. The number of carboxylic acid groups (broad SMARTS) is 1. The lowest BCUT2D eigenvalue weighted by Gasteiger charge is -2.11. The van der Waals surface area contributed by atoms with Crippen LogP contribution in [0.1, 0.15) is 46.5 Å². The summed E-state index contributed by atoms with van der Waals surface area (Å²) in [5.41, 5.74) is 1.96. The highest BCUT2D eigenvalue weighted by molar-refractivity contribution is 8.00. The summed E-state index contributed by atoms with van der Waals surface area (Å²) in [6.45, 7) is 0. The number of methoxy groups -OCH3 is 1. The number of aryl methyl sites for hydroxylation is 1. The van der Waals surface area contributed by atoms with E-state index in [2.05, 4.69) is 10.6 Å². The molecule has 0 radical (unpaired) electrons. The number of anilines is 2. The van der Waals surface area contributed by atoms with Crippen molar-refractivity contribution in [3.05, 3.63) is 52.4 Å². The predicted octanol–water partition coefficient (Wildman–Crippen LogP) is 4.50. The Morgan fingerprint density at radius 1 is 1.09 bits per heavy atom. The molecule has 8 nitrogen and oxygen atoms in total. The van der Waals surface area contributed by atoms with E-state index in [0.717, 1.165) is 59.6 Å². The van der Waals surface area contributed by atoms with Crippen LogP contribution >= 0.6 is 23.1 Å². The van der Waals surface area contributed by atoms with Crippen LogP contribution in [0, 0.1) is 0 Å². The van der Waals surface area contributed by atoms with Crippen LogP contribution in [0.15, 0.2) is 41.3 Å². The molecule has 1 aliphatic carbocycles. The number of nitrogens with one attached hydrogen (secondary N) is 2. The molecule has 1 aliphatic rings. The Morgan fingerprint density at radius 2 is 1.85 bits per heavy atom. The molecule has 0 saturated heterocycles. The van der Waals surface area contributed by atoms with Crippen molar-refractivity contribution in [1.29, 1.82) is 0 Å². The molecule has 0 spiro atoms. The van der Waals surface area contributed by atoms with Gasteiger partial charge in [0.25, 0.3) is 0 Å². The number of thioether (sulfide) groups is 1. The molecule has 0 fully saturated rings. The number of hydrogen-bond donors (Lipinski definition) is 3. The van der Waals surface area contributed by atoms with Gasteiger partial charge in [0, 0.05) is 27.6 Å². The van der Waals surface area contributed by atoms with Crippen LogP contribution in [0.25, 0.3) is 0 Å². The highest BCUT2D eigenvalue weighted by atomic mass is 32.2. The van der Waals surface area contributed by atoms with E-state index in [1.54, 1.807) is 24.3 Å². The Balaban J connectivity index is 1.65. The minimum Gasteiger partial charge on any atom is -0.478 e. The van der Waals surface area contributed by atoms with Gasteiger partial charge in [-0.1, -0.05) is 18.9 Å². The van der Waals surface area contributed by atoms with Crippen LogP contribution in [-0.2, 0) is 32.0 Å². The first-order chi connectivity index (χ1) is 16.4. The van der Waals surface area contributed by atoms with Crippen molar-refractivity contribution in [2.24, 2.45) is 0 Å². The summed E-state index contributed by atoms with van der Waals surface area (Å²) in [7, 11) is 1.35. The summed E-state index contributed by atoms with van der Waals surface area (Å²) >= 11 is 2.74. The maximum absolute atomic E-state index is 12.7. The van der Waals surface area contributed by atoms with Crippen LogP contribution in [0.5, 0.6) is 0 Å². The molecule has 0 aliphatic heterocycles. The number of rotatable bonds is 8. The second-order valence-corrected chi connectivity index (χ2v) is 9.79. The van der Waals surface area contributed by atoms with Crippen molar-refractivity contribution in [3.8, 4) is 0 Å². The first-order valence-corrected chi connectivity index (χ1v) is 12.6. The standard InChI is InChI=1S/C24H26N2O6S2/c1-32-24(31)22-17-9-4-2-3-5-10-18(17)34-23(22)26-20(28)14-33-16-8-6-7-15(13-16)25-19(27)11-12-21(29)30/h6-8,11-13H,2-5,9-10,14H2,1H3,(H,25,27)(H,26,28)(H,29,30)/b12-11+. The molecular weight excluding hydrogens is 476 g/mol. The van der Waals surface area contributed by atoms with E-state index in [4.69, 9.17) is 9.84 Å². The smallest absolute Gasteiger partial charge is 0.341 e. The number of carboxylic acids is 1. The van der Waals surface area contributed by atoms with E-state index in [1.165, 1.54) is 36.6 Å². The molecule has 1 aromatic heterocycles. The van der Waals surface area contributed by atoms with Gasteiger partial charge < -0.3 is 20.5 Å². The number of amides is 2. The van der Waals surface area contributed by atoms with Gasteiger partial charge in [0.1, 0.15) is 5.00 Å². The fraction of sp³-hybridized carbons (Fsp3) is 0.333. The third kappa shape index (κ3) is 7.19. The van der Waals surface area contributed by atoms with E-state index in [-0.39, 0.29) is 11.7 Å². The Hall–Kier alpha value is -3.11. The first-order valence-electron chi connectivity index (χ1n) is 10.8. The van der Waals surface area contributed by atoms with Crippen molar-refractivity contribution in [2.75, 3.05) is 23.5 Å². The van der Waals surface area contributed by atoms with Gasteiger partial charge in [0.05, 0.1) is 18.4 Å². The Bertz CT molecular complexity index is 1110. The van der Waals surface area contributed by atoms with Crippen molar-refractivity contribution in [2.45, 2.75) is 43.4 Å². The molecule has 34 heavy (non-hydrogen) atoms. The maximum Gasteiger partial charge on any atom is 0.341 e. The SMILES string of the molecule is COC(=O)c1c(NC(=O)CSc2cccc(NC(=O)/C=C/C(=O)O)c2)sc2c1CCCCCC2. The van der Waals surface area contributed by atoms with E-state index in [1.807, 2.05) is 0 Å². The quantitative estimate of drug-likeness (QED) is 0.276. The molecule has 2 aromatic rings. The van der Waals surface area contributed by atoms with Crippen LogP contribution in [0.4, 0.5) is 10.7 Å². The summed E-state index contributed by atoms with van der Waals surface area (Å²) in [4.78, 5) is 49.4. The van der Waals surface area contributed by atoms with E-state index in [0.29, 0.717) is 16.3 Å². The molecule has 180 valence electrons. The summed E-state index contributed by atoms with van der Waals surface area (Å²) in [5.74, 6) is -2.34. The number of thiophene rings is 1. The lowest BCUT2D eigenvalue weighted by Crippen LogP contribution is -2.16. The third-order valence-electron chi connectivity index (χ3n) is 5.16. The molecular formula is C24H26N2O6S2. The van der Waals surface area contributed by atoms with E-state index < -0.39 is 17.8 Å². The highest BCUT2D eigenvalue weighted by Crippen LogP contribution is 2.37. The average molecular weight is 503 g/mol. The van der Waals surface area contributed by atoms with Crippen LogP contribution < -0.4 is 10.6 Å². The van der Waals surface area contributed by atoms with Gasteiger partial charge in [-0.25, -0.2) is 9.59 Å². The molecule has 0 saturated carbocycles. The van der Waals surface area contributed by atoms with Crippen molar-refractivity contribution in [3.63, 3.8) is 0 Å². The second-order valence-electron chi connectivity index (χ2n) is 7.64. The number of benzene rings is 1. The lowest BCUT2D eigenvalue weighted by atomic mass is 9.96. The van der Waals surface area contributed by atoms with Gasteiger partial charge in [0.2, 0.25) is 11.8 Å². The van der Waals surface area contributed by atoms with Crippen LogP contribution in [0.2, 0.25) is 0 Å². The van der Waals surface area contributed by atoms with Gasteiger partial charge in [-0.3, -0.25) is 9.59 Å². The van der Waals surface area contributed by atoms with E-state index in [9.17, 15) is 19.2 Å². The average Bonchev–Trinajstić information content (AvgIpc) is 3.11. The van der Waals surface area contributed by atoms with Gasteiger partial charge >= 0.3 is 11.9 Å². The molecule has 1 heterocycles. The first kappa shape index (κ1) is 25.5. The van der Waals surface area contributed by atoms with Gasteiger partial charge in [-0.05, 0) is 49.4 Å². The molecule has 3 N–H and O–H groups in total. The number of esters is 1. The predicted molar refractivity (Wildman–Crippen MR) is 133 cm³/mol. The van der Waals surface area contributed by atoms with Crippen LogP contribution in [0.3, 0.4) is 0 Å². The maximum atomic E-state index is 12.7. The Labute approximate surface area is 205 Å². The normalized spacial score (nSPS) is 13.4. The molecule has 1 aromatic carbocycles. The monoisotopic (exact) mass is 502 g/mol. The number of aliphatic carboxylic acids is 1. The van der Waals surface area contributed by atoms with Crippen LogP contribution in [-0.4, -0.2) is 41.7 Å². The zero-order valence-electron chi connectivity index (χ0n) is 18.7. The Kier molecular flexibility index (Phi) is 9.29. The van der Waals surface area contributed by atoms with Crippen molar-refractivity contribution in [1.82, 2.24) is 0 Å². The van der Waals surface area contributed by atoms with Gasteiger partial charge in [-0.2, -0.15) is 0 Å². The molecule has 2 amide bonds. The lowest BCUT2D eigenvalue weighted by molar-refractivity contribution is -0.131. The largest absolute Gasteiger partial charge is 0.478 e. The number of hydrogen-bond acceptors (Lipinski definition) is 7. The molecule has 0 bridgehead atoms. The van der Waals surface area contributed by atoms with Crippen molar-refractivity contribution >= 4 is 57.5 Å². The fourth-order valence-corrected chi connectivity index (χ4v) is 5.68. The third-order valence-corrected chi connectivity index (χ3v) is 7.36. The highest BCUT2D eigenvalue weighted by Gasteiger charge is 2.25. The minimum atomic E-state index is -1.21. The van der Waals surface area contributed by atoms with Gasteiger partial charge in [-0.15, -0.1) is 23.1 Å². The summed E-state index contributed by atoms with van der Waals surface area (Å²) in [6, 6.07) is 6.89. The van der Waals surface area contributed by atoms with Gasteiger partial charge in [0.15, 0.2) is 0 Å². The van der Waals surface area contributed by atoms with Crippen molar-refractivity contribution < 1.29 is 29.0 Å². The molecule has 0 atom stereocenters. The number of fused-ring (bicyclic) bond motifs is 1. The number of carbonyl (C=O) groups is 4. The molecule has 10 heteroatoms.